The van der Waals surface area contributed by atoms with E-state index in [0.29, 0.717) is 44.5 Å². The van der Waals surface area contributed by atoms with E-state index in [1.165, 1.54) is 0 Å². The monoisotopic (exact) mass is 517 g/mol. The first-order valence-electron chi connectivity index (χ1n) is 10.5. The number of furan rings is 1. The highest BCUT2D eigenvalue weighted by Crippen LogP contribution is 2.30. The molecule has 6 nitrogen and oxygen atoms in total. The van der Waals surface area contributed by atoms with Crippen molar-refractivity contribution in [1.29, 1.82) is 0 Å². The van der Waals surface area contributed by atoms with Crippen LogP contribution in [0.2, 0.25) is 15.1 Å². The van der Waals surface area contributed by atoms with Crippen LogP contribution in [0.5, 0.6) is 5.75 Å². The number of anilines is 1. The van der Waals surface area contributed by atoms with Gasteiger partial charge in [0.05, 0.1) is 28.6 Å². The van der Waals surface area contributed by atoms with Crippen molar-refractivity contribution < 1.29 is 13.9 Å². The molecule has 4 rings (SSSR count). The van der Waals surface area contributed by atoms with Gasteiger partial charge in [-0.1, -0.05) is 53.0 Å². The third-order valence-corrected chi connectivity index (χ3v) is 6.40. The summed E-state index contributed by atoms with van der Waals surface area (Å²) < 4.78 is 13.2. The quantitative estimate of drug-likeness (QED) is 0.280. The number of amides is 1. The van der Waals surface area contributed by atoms with Gasteiger partial charge < -0.3 is 14.5 Å². The first-order chi connectivity index (χ1) is 16.2. The average Bonchev–Trinajstić information content (AvgIpc) is 3.36. The molecule has 176 valence electrons. The predicted octanol–water partition coefficient (Wildman–Crippen LogP) is 7.24. The highest BCUT2D eigenvalue weighted by Gasteiger charge is 2.19. The van der Waals surface area contributed by atoms with Gasteiger partial charge in [-0.05, 0) is 56.7 Å². The Balaban J connectivity index is 1.46. The van der Waals surface area contributed by atoms with Gasteiger partial charge in [0.1, 0.15) is 18.1 Å². The van der Waals surface area contributed by atoms with Crippen LogP contribution < -0.4 is 10.1 Å². The molecule has 9 heteroatoms. The molecule has 0 saturated heterocycles. The summed E-state index contributed by atoms with van der Waals surface area (Å²) in [5.74, 6) is 0.864. The maximum absolute atomic E-state index is 12.8. The van der Waals surface area contributed by atoms with Crippen LogP contribution in [0.4, 0.5) is 5.69 Å². The summed E-state index contributed by atoms with van der Waals surface area (Å²) in [5.41, 5.74) is 3.72. The van der Waals surface area contributed by atoms with Crippen molar-refractivity contribution in [2.75, 3.05) is 5.32 Å². The Bertz CT molecular complexity index is 1320. The second kappa shape index (κ2) is 10.1. The molecule has 4 aromatic rings. The fraction of sp³-hybridized carbons (Fsp3) is 0.200. The van der Waals surface area contributed by atoms with Crippen molar-refractivity contribution in [2.45, 2.75) is 33.9 Å². The number of ether oxygens (including phenoxy) is 1. The topological polar surface area (TPSA) is 69.3 Å². The minimum Gasteiger partial charge on any atom is -0.484 e. The molecule has 2 heterocycles. The van der Waals surface area contributed by atoms with E-state index in [0.717, 1.165) is 16.8 Å². The van der Waals surface area contributed by atoms with Gasteiger partial charge in [0.15, 0.2) is 5.76 Å². The van der Waals surface area contributed by atoms with Crippen molar-refractivity contribution in [3.05, 3.63) is 97.6 Å². The van der Waals surface area contributed by atoms with Gasteiger partial charge in [-0.25, -0.2) is 0 Å². The molecular formula is C25H22Cl3N3O3. The molecule has 2 aromatic carbocycles. The fourth-order valence-electron chi connectivity index (χ4n) is 3.56. The van der Waals surface area contributed by atoms with E-state index in [9.17, 15) is 4.79 Å². The molecule has 0 aliphatic rings. The Labute approximate surface area is 212 Å². The number of benzene rings is 2. The molecule has 0 aliphatic carbocycles. The lowest BCUT2D eigenvalue weighted by Gasteiger charge is -2.10. The van der Waals surface area contributed by atoms with Crippen LogP contribution in [0, 0.1) is 20.8 Å². The third kappa shape index (κ3) is 5.09. The number of carbonyl (C=O) groups is 1. The summed E-state index contributed by atoms with van der Waals surface area (Å²) in [6, 6.07) is 14.2. The summed E-state index contributed by atoms with van der Waals surface area (Å²) in [6.45, 7) is 6.12. The maximum atomic E-state index is 12.8. The van der Waals surface area contributed by atoms with Crippen LogP contribution in [0.15, 0.2) is 52.9 Å². The summed E-state index contributed by atoms with van der Waals surface area (Å²) in [6.07, 6.45) is 0. The standard InChI is InChI=1S/C25H22Cl3N3O3/c1-14-6-4-9-21(28)24(14)33-13-17-10-11-22(34-17)25(32)29-23-15(2)30-31(16(23)3)12-18-19(26)7-5-8-20(18)27/h4-11H,12-13H2,1-3H3,(H,29,32). The molecule has 34 heavy (non-hydrogen) atoms. The first kappa shape index (κ1) is 24.2. The van der Waals surface area contributed by atoms with E-state index in [1.807, 2.05) is 32.9 Å². The minimum atomic E-state index is -0.387. The molecule has 1 N–H and O–H groups in total. The van der Waals surface area contributed by atoms with Gasteiger partial charge >= 0.3 is 0 Å². The molecule has 1 amide bonds. The van der Waals surface area contributed by atoms with Crippen LogP contribution in [0.3, 0.4) is 0 Å². The lowest BCUT2D eigenvalue weighted by atomic mass is 10.2. The highest BCUT2D eigenvalue weighted by molar-refractivity contribution is 6.36. The van der Waals surface area contributed by atoms with Gasteiger partial charge in [0.2, 0.25) is 0 Å². The SMILES string of the molecule is Cc1cccc(Cl)c1OCc1ccc(C(=O)Nc2c(C)nn(Cc3c(Cl)cccc3Cl)c2C)o1. The Morgan fingerprint density at radius 3 is 2.38 bits per heavy atom. The van der Waals surface area contributed by atoms with E-state index in [4.69, 9.17) is 44.0 Å². The van der Waals surface area contributed by atoms with Gasteiger partial charge in [0, 0.05) is 15.6 Å². The van der Waals surface area contributed by atoms with Crippen LogP contribution in [0.1, 0.15) is 38.8 Å². The van der Waals surface area contributed by atoms with E-state index >= 15 is 0 Å². The van der Waals surface area contributed by atoms with Gasteiger partial charge in [-0.3, -0.25) is 9.48 Å². The summed E-state index contributed by atoms with van der Waals surface area (Å²) in [7, 11) is 0. The van der Waals surface area contributed by atoms with Crippen LogP contribution in [-0.2, 0) is 13.2 Å². The lowest BCUT2D eigenvalue weighted by Crippen LogP contribution is -2.12. The van der Waals surface area contributed by atoms with Gasteiger partial charge in [-0.2, -0.15) is 5.10 Å². The Morgan fingerprint density at radius 1 is 1.00 bits per heavy atom. The number of carbonyl (C=O) groups excluding carboxylic acids is 1. The van der Waals surface area contributed by atoms with E-state index in [-0.39, 0.29) is 18.3 Å². The number of hydrogen-bond donors (Lipinski definition) is 1. The molecule has 0 unspecified atom stereocenters. The lowest BCUT2D eigenvalue weighted by molar-refractivity contribution is 0.0992. The Kier molecular flexibility index (Phi) is 7.22. The van der Waals surface area contributed by atoms with Crippen LogP contribution in [0.25, 0.3) is 0 Å². The number of halogens is 3. The van der Waals surface area contributed by atoms with Crippen molar-refractivity contribution >= 4 is 46.4 Å². The summed E-state index contributed by atoms with van der Waals surface area (Å²) >= 11 is 18.8. The molecule has 2 aromatic heterocycles. The Hall–Kier alpha value is -2.93. The van der Waals surface area contributed by atoms with E-state index < -0.39 is 0 Å². The number of nitrogens with one attached hydrogen (secondary N) is 1. The highest BCUT2D eigenvalue weighted by atomic mass is 35.5. The van der Waals surface area contributed by atoms with Crippen LogP contribution >= 0.6 is 34.8 Å². The summed E-state index contributed by atoms with van der Waals surface area (Å²) in [5, 5.41) is 9.07. The number of para-hydroxylation sites is 1. The van der Waals surface area contributed by atoms with Crippen molar-refractivity contribution in [2.24, 2.45) is 0 Å². The van der Waals surface area contributed by atoms with Gasteiger partial charge in [-0.15, -0.1) is 0 Å². The number of nitrogens with zero attached hydrogens (tertiary/aromatic N) is 2. The molecule has 0 aliphatic heterocycles. The fourth-order valence-corrected chi connectivity index (χ4v) is 4.35. The molecule has 0 fully saturated rings. The second-order valence-corrected chi connectivity index (χ2v) is 9.02. The Morgan fingerprint density at radius 2 is 1.68 bits per heavy atom. The molecule has 0 atom stereocenters. The van der Waals surface area contributed by atoms with E-state index in [1.54, 1.807) is 41.1 Å². The molecule has 0 bridgehead atoms. The van der Waals surface area contributed by atoms with Crippen molar-refractivity contribution in [3.63, 3.8) is 0 Å². The number of rotatable bonds is 7. The molecular weight excluding hydrogens is 497 g/mol. The number of hydrogen-bond acceptors (Lipinski definition) is 4. The molecule has 0 spiro atoms. The predicted molar refractivity (Wildman–Crippen MR) is 134 cm³/mol. The van der Waals surface area contributed by atoms with Gasteiger partial charge in [0.25, 0.3) is 5.91 Å². The first-order valence-corrected chi connectivity index (χ1v) is 11.6. The van der Waals surface area contributed by atoms with Crippen molar-refractivity contribution in [1.82, 2.24) is 9.78 Å². The third-order valence-electron chi connectivity index (χ3n) is 5.40. The maximum Gasteiger partial charge on any atom is 0.291 e. The normalized spacial score (nSPS) is 11.0. The zero-order valence-electron chi connectivity index (χ0n) is 18.8. The van der Waals surface area contributed by atoms with E-state index in [2.05, 4.69) is 10.4 Å². The number of aromatic nitrogens is 2. The smallest absolute Gasteiger partial charge is 0.291 e. The molecule has 0 saturated carbocycles. The average molecular weight is 519 g/mol. The second-order valence-electron chi connectivity index (χ2n) is 7.80. The summed E-state index contributed by atoms with van der Waals surface area (Å²) in [4.78, 5) is 12.8. The van der Waals surface area contributed by atoms with Crippen molar-refractivity contribution in [3.8, 4) is 5.75 Å². The minimum absolute atomic E-state index is 0.145. The number of aryl methyl sites for hydroxylation is 2. The van der Waals surface area contributed by atoms with Crippen LogP contribution in [-0.4, -0.2) is 15.7 Å². The zero-order valence-corrected chi connectivity index (χ0v) is 21.1. The molecule has 0 radical (unpaired) electrons. The largest absolute Gasteiger partial charge is 0.484 e. The zero-order chi connectivity index (χ0) is 24.4.